The van der Waals surface area contributed by atoms with Gasteiger partial charge in [0.2, 0.25) is 16.0 Å². The van der Waals surface area contributed by atoms with E-state index in [1.165, 1.54) is 28.6 Å². The van der Waals surface area contributed by atoms with E-state index >= 15 is 0 Å². The highest BCUT2D eigenvalue weighted by atomic mass is 32.2. The molecule has 1 aliphatic heterocycles. The van der Waals surface area contributed by atoms with Gasteiger partial charge in [-0.3, -0.25) is 0 Å². The van der Waals surface area contributed by atoms with Crippen molar-refractivity contribution < 1.29 is 8.42 Å². The van der Waals surface area contributed by atoms with E-state index in [4.69, 9.17) is 5.26 Å². The molecule has 0 unspecified atom stereocenters. The van der Waals surface area contributed by atoms with Gasteiger partial charge in [-0.2, -0.15) is 9.57 Å². The average molecular weight is 315 g/mol. The van der Waals surface area contributed by atoms with Gasteiger partial charge in [0.25, 0.3) is 0 Å². The summed E-state index contributed by atoms with van der Waals surface area (Å²) in [5.74, 6) is 0.489. The van der Waals surface area contributed by atoms with E-state index in [1.807, 2.05) is 6.07 Å². The second kappa shape index (κ2) is 5.71. The molecule has 2 aromatic rings. The zero-order valence-corrected chi connectivity index (χ0v) is 12.4. The van der Waals surface area contributed by atoms with Crippen molar-refractivity contribution in [3.63, 3.8) is 0 Å². The predicted octanol–water partition coefficient (Wildman–Crippen LogP) is 0.833. The summed E-state index contributed by atoms with van der Waals surface area (Å²) in [7, 11) is -3.51. The number of nitrogens with one attached hydrogen (secondary N) is 1. The lowest BCUT2D eigenvalue weighted by Crippen LogP contribution is -2.56. The number of nitriles is 1. The summed E-state index contributed by atoms with van der Waals surface area (Å²) < 4.78 is 26.2. The predicted molar refractivity (Wildman–Crippen MR) is 79.4 cm³/mol. The normalized spacial score (nSPS) is 15.8. The van der Waals surface area contributed by atoms with E-state index in [2.05, 4.69) is 15.3 Å². The fourth-order valence-corrected chi connectivity index (χ4v) is 3.66. The minimum absolute atomic E-state index is 0.00411. The van der Waals surface area contributed by atoms with Crippen LogP contribution in [0.5, 0.6) is 0 Å². The van der Waals surface area contributed by atoms with Crippen LogP contribution in [0.1, 0.15) is 5.56 Å². The van der Waals surface area contributed by atoms with Crippen molar-refractivity contribution >= 4 is 16.0 Å². The first-order valence-corrected chi connectivity index (χ1v) is 8.07. The smallest absolute Gasteiger partial charge is 0.243 e. The van der Waals surface area contributed by atoms with Gasteiger partial charge in [0.15, 0.2) is 0 Å². The van der Waals surface area contributed by atoms with Gasteiger partial charge in [0, 0.05) is 25.5 Å². The lowest BCUT2D eigenvalue weighted by molar-refractivity contribution is 0.280. The summed E-state index contributed by atoms with van der Waals surface area (Å²) in [5.41, 5.74) is 0.434. The van der Waals surface area contributed by atoms with Crippen molar-refractivity contribution in [3.05, 3.63) is 48.3 Å². The van der Waals surface area contributed by atoms with Crippen LogP contribution in [-0.4, -0.2) is 41.8 Å². The van der Waals surface area contributed by atoms with Crippen LogP contribution >= 0.6 is 0 Å². The van der Waals surface area contributed by atoms with Gasteiger partial charge in [-0.15, -0.1) is 0 Å². The second-order valence-electron chi connectivity index (χ2n) is 4.87. The highest BCUT2D eigenvalue weighted by Crippen LogP contribution is 2.23. The van der Waals surface area contributed by atoms with Crippen LogP contribution in [0, 0.1) is 11.3 Å². The van der Waals surface area contributed by atoms with E-state index in [-0.39, 0.29) is 10.9 Å². The summed E-state index contributed by atoms with van der Waals surface area (Å²) in [5, 5.41) is 11.8. The fraction of sp³-hybridized carbons (Fsp3) is 0.214. The first kappa shape index (κ1) is 14.4. The minimum atomic E-state index is -3.51. The van der Waals surface area contributed by atoms with Gasteiger partial charge >= 0.3 is 0 Å². The fourth-order valence-electron chi connectivity index (χ4n) is 2.13. The van der Waals surface area contributed by atoms with Crippen molar-refractivity contribution in [2.45, 2.75) is 10.9 Å². The van der Waals surface area contributed by atoms with Crippen LogP contribution in [0.25, 0.3) is 0 Å². The largest absolute Gasteiger partial charge is 0.349 e. The quantitative estimate of drug-likeness (QED) is 0.897. The number of benzene rings is 1. The van der Waals surface area contributed by atoms with Crippen LogP contribution in [0.3, 0.4) is 0 Å². The molecule has 1 saturated heterocycles. The zero-order valence-electron chi connectivity index (χ0n) is 11.5. The van der Waals surface area contributed by atoms with Gasteiger partial charge in [0.05, 0.1) is 22.6 Å². The first-order valence-electron chi connectivity index (χ1n) is 6.63. The summed E-state index contributed by atoms with van der Waals surface area (Å²) in [6, 6.07) is 9.58. The molecule has 0 bridgehead atoms. The van der Waals surface area contributed by atoms with E-state index < -0.39 is 10.0 Å². The molecule has 0 amide bonds. The molecule has 1 aliphatic rings. The van der Waals surface area contributed by atoms with E-state index in [1.54, 1.807) is 18.5 Å². The molecule has 0 saturated carbocycles. The van der Waals surface area contributed by atoms with Crippen LogP contribution in [0.15, 0.2) is 47.6 Å². The Labute approximate surface area is 128 Å². The summed E-state index contributed by atoms with van der Waals surface area (Å²) in [4.78, 5) is 8.28. The summed E-state index contributed by atoms with van der Waals surface area (Å²) in [6.45, 7) is 0.723. The Bertz CT molecular complexity index is 793. The van der Waals surface area contributed by atoms with E-state index in [9.17, 15) is 8.42 Å². The molecule has 22 heavy (non-hydrogen) atoms. The number of sulfonamides is 1. The minimum Gasteiger partial charge on any atom is -0.349 e. The Morgan fingerprint density at radius 2 is 1.82 bits per heavy atom. The van der Waals surface area contributed by atoms with Crippen molar-refractivity contribution in [2.24, 2.45) is 0 Å². The average Bonchev–Trinajstić information content (AvgIpc) is 2.51. The molecule has 7 nitrogen and oxygen atoms in total. The topological polar surface area (TPSA) is 99.0 Å². The Morgan fingerprint density at radius 3 is 2.41 bits per heavy atom. The maximum Gasteiger partial charge on any atom is 0.243 e. The van der Waals surface area contributed by atoms with Crippen molar-refractivity contribution in [1.82, 2.24) is 14.3 Å². The van der Waals surface area contributed by atoms with Crippen LogP contribution in [-0.2, 0) is 10.0 Å². The highest BCUT2D eigenvalue weighted by molar-refractivity contribution is 7.89. The second-order valence-corrected chi connectivity index (χ2v) is 6.81. The monoisotopic (exact) mass is 315 g/mol. The summed E-state index contributed by atoms with van der Waals surface area (Å²) in [6.07, 6.45) is 3.25. The number of aromatic nitrogens is 2. The molecule has 1 aromatic heterocycles. The van der Waals surface area contributed by atoms with E-state index in [0.717, 1.165) is 0 Å². The molecular formula is C14H13N5O2S. The van der Waals surface area contributed by atoms with Crippen molar-refractivity contribution in [1.29, 1.82) is 5.26 Å². The van der Waals surface area contributed by atoms with Crippen LogP contribution < -0.4 is 5.32 Å². The molecule has 0 atom stereocenters. The number of hydrogen-bond acceptors (Lipinski definition) is 6. The van der Waals surface area contributed by atoms with Crippen molar-refractivity contribution in [3.8, 4) is 6.07 Å². The highest BCUT2D eigenvalue weighted by Gasteiger charge is 2.36. The number of hydrogen-bond donors (Lipinski definition) is 1. The molecule has 0 spiro atoms. The van der Waals surface area contributed by atoms with E-state index in [0.29, 0.717) is 24.6 Å². The third-order valence-corrected chi connectivity index (χ3v) is 5.21. The Hall–Kier alpha value is -2.50. The molecular weight excluding hydrogens is 302 g/mol. The van der Waals surface area contributed by atoms with Gasteiger partial charge < -0.3 is 5.32 Å². The Kier molecular flexibility index (Phi) is 3.75. The van der Waals surface area contributed by atoms with Crippen LogP contribution in [0.2, 0.25) is 0 Å². The lowest BCUT2D eigenvalue weighted by atomic mass is 10.2. The SMILES string of the molecule is N#Cc1ccc(S(=O)(=O)N2CC(Nc3ncccn3)C2)cc1. The molecule has 112 valence electrons. The maximum atomic E-state index is 12.4. The number of nitrogens with zero attached hydrogens (tertiary/aromatic N) is 4. The molecule has 0 radical (unpaired) electrons. The van der Waals surface area contributed by atoms with Gasteiger partial charge in [0.1, 0.15) is 0 Å². The molecule has 1 fully saturated rings. The maximum absolute atomic E-state index is 12.4. The van der Waals surface area contributed by atoms with Gasteiger partial charge in [-0.25, -0.2) is 18.4 Å². The standard InChI is InChI=1S/C14H13N5O2S/c15-8-11-2-4-13(5-3-11)22(20,21)19-9-12(10-19)18-14-16-6-1-7-17-14/h1-7,12H,9-10H2,(H,16,17,18). The molecule has 2 heterocycles. The molecule has 0 aliphatic carbocycles. The molecule has 3 rings (SSSR count). The Morgan fingerprint density at radius 1 is 1.18 bits per heavy atom. The number of anilines is 1. The van der Waals surface area contributed by atoms with Crippen molar-refractivity contribution in [2.75, 3.05) is 18.4 Å². The third kappa shape index (κ3) is 2.77. The molecule has 1 aromatic carbocycles. The Balaban J connectivity index is 1.65. The third-order valence-electron chi connectivity index (χ3n) is 3.37. The van der Waals surface area contributed by atoms with Crippen LogP contribution in [0.4, 0.5) is 5.95 Å². The van der Waals surface area contributed by atoms with Gasteiger partial charge in [-0.1, -0.05) is 0 Å². The van der Waals surface area contributed by atoms with Gasteiger partial charge in [-0.05, 0) is 30.3 Å². The molecule has 1 N–H and O–H groups in total. The zero-order chi connectivity index (χ0) is 15.6. The number of rotatable bonds is 4. The first-order chi connectivity index (χ1) is 10.6. The summed E-state index contributed by atoms with van der Waals surface area (Å²) >= 11 is 0. The lowest BCUT2D eigenvalue weighted by Gasteiger charge is -2.38. The molecule has 8 heteroatoms.